The van der Waals surface area contributed by atoms with Gasteiger partial charge in [-0.25, -0.2) is 4.79 Å². The van der Waals surface area contributed by atoms with E-state index in [1.54, 1.807) is 6.92 Å². The summed E-state index contributed by atoms with van der Waals surface area (Å²) in [5, 5.41) is 0. The number of esters is 1. The molecule has 0 aliphatic carbocycles. The van der Waals surface area contributed by atoms with Crippen LogP contribution in [0.4, 0.5) is 0 Å². The van der Waals surface area contributed by atoms with Crippen molar-refractivity contribution in [2.24, 2.45) is 10.7 Å². The number of nitrogens with zero attached hydrogens (tertiary/aromatic N) is 1. The molecule has 0 fully saturated rings. The van der Waals surface area contributed by atoms with E-state index in [9.17, 15) is 4.79 Å². The maximum absolute atomic E-state index is 11.2. The van der Waals surface area contributed by atoms with Crippen molar-refractivity contribution in [3.05, 3.63) is 11.3 Å². The molecule has 0 rings (SSSR count). The predicted molar refractivity (Wildman–Crippen MR) is 57.1 cm³/mol. The topological polar surface area (TPSA) is 64.7 Å². The molecule has 4 heteroatoms. The van der Waals surface area contributed by atoms with Crippen LogP contribution in [0.15, 0.2) is 16.3 Å². The fraction of sp³-hybridized carbons (Fsp3) is 0.600. The molecule has 0 aromatic rings. The van der Waals surface area contributed by atoms with E-state index in [0.717, 1.165) is 0 Å². The zero-order chi connectivity index (χ0) is 11.4. The van der Waals surface area contributed by atoms with E-state index in [4.69, 9.17) is 5.73 Å². The smallest absolute Gasteiger partial charge is 0.341 e. The highest BCUT2D eigenvalue weighted by molar-refractivity contribution is 6.10. The Hall–Kier alpha value is -1.32. The third kappa shape index (κ3) is 4.64. The van der Waals surface area contributed by atoms with E-state index in [1.165, 1.54) is 13.3 Å². The molecule has 0 spiro atoms. The van der Waals surface area contributed by atoms with Gasteiger partial charge in [-0.15, -0.1) is 0 Å². The first-order chi connectivity index (χ1) is 6.28. The van der Waals surface area contributed by atoms with Crippen molar-refractivity contribution in [3.63, 3.8) is 0 Å². The van der Waals surface area contributed by atoms with E-state index >= 15 is 0 Å². The zero-order valence-electron chi connectivity index (χ0n) is 9.42. The molecule has 2 N–H and O–H groups in total. The number of hydrogen-bond donors (Lipinski definition) is 1. The van der Waals surface area contributed by atoms with Gasteiger partial charge in [0.15, 0.2) is 0 Å². The molecule has 0 aliphatic heterocycles. The van der Waals surface area contributed by atoms with Gasteiger partial charge in [-0.1, -0.05) is 0 Å². The summed E-state index contributed by atoms with van der Waals surface area (Å²) in [5.74, 6) is -0.460. The summed E-state index contributed by atoms with van der Waals surface area (Å²) in [5.41, 5.74) is 6.02. The fourth-order valence-corrected chi connectivity index (χ4v) is 0.684. The number of allylic oxidation sites excluding steroid dienone is 1. The fourth-order valence-electron chi connectivity index (χ4n) is 0.684. The first-order valence-corrected chi connectivity index (χ1v) is 4.38. The van der Waals surface area contributed by atoms with Crippen LogP contribution in [0, 0.1) is 0 Å². The Morgan fingerprint density at radius 2 is 1.93 bits per heavy atom. The normalized spacial score (nSPS) is 14.1. The van der Waals surface area contributed by atoms with Crippen LogP contribution in [0.3, 0.4) is 0 Å². The molecule has 0 saturated carbocycles. The maximum Gasteiger partial charge on any atom is 0.341 e. The van der Waals surface area contributed by atoms with Gasteiger partial charge in [0.25, 0.3) is 0 Å². The van der Waals surface area contributed by atoms with Crippen LogP contribution < -0.4 is 5.73 Å². The standard InChI is InChI=1S/C10H18N2O2/c1-7(11)8(9(13)14-5)6-12-10(2,3)4/h6H,11H2,1-5H3. The van der Waals surface area contributed by atoms with Gasteiger partial charge in [-0.3, -0.25) is 4.99 Å². The third-order valence-electron chi connectivity index (χ3n) is 1.41. The third-order valence-corrected chi connectivity index (χ3v) is 1.41. The summed E-state index contributed by atoms with van der Waals surface area (Å²) in [6.45, 7) is 7.44. The molecule has 0 saturated heterocycles. The molecule has 0 aromatic carbocycles. The minimum Gasteiger partial charge on any atom is -0.465 e. The molecular weight excluding hydrogens is 180 g/mol. The van der Waals surface area contributed by atoms with Gasteiger partial charge < -0.3 is 10.5 Å². The summed E-state index contributed by atoms with van der Waals surface area (Å²) in [7, 11) is 1.32. The minimum atomic E-state index is -0.460. The second-order valence-electron chi connectivity index (χ2n) is 4.02. The van der Waals surface area contributed by atoms with E-state index in [0.29, 0.717) is 11.3 Å². The lowest BCUT2D eigenvalue weighted by molar-refractivity contribution is -0.135. The number of carbonyl (C=O) groups excluding carboxylic acids is 1. The van der Waals surface area contributed by atoms with Crippen molar-refractivity contribution in [3.8, 4) is 0 Å². The number of aliphatic imine (C=N–C) groups is 1. The SMILES string of the molecule is COC(=O)C(C=NC(C)(C)C)=C(C)N. The first kappa shape index (κ1) is 12.7. The van der Waals surface area contributed by atoms with Crippen LogP contribution in [0.2, 0.25) is 0 Å². The number of carbonyl (C=O) groups is 1. The Kier molecular flexibility index (Phi) is 4.34. The Bertz CT molecular complexity index is 268. The van der Waals surface area contributed by atoms with E-state index in [2.05, 4.69) is 9.73 Å². The van der Waals surface area contributed by atoms with Gasteiger partial charge in [0.05, 0.1) is 18.2 Å². The quantitative estimate of drug-likeness (QED) is 0.412. The average Bonchev–Trinajstić information content (AvgIpc) is 2.01. The monoisotopic (exact) mass is 198 g/mol. The molecule has 0 heterocycles. The summed E-state index contributed by atoms with van der Waals surface area (Å²) < 4.78 is 4.57. The Morgan fingerprint density at radius 3 is 2.21 bits per heavy atom. The molecule has 4 nitrogen and oxygen atoms in total. The number of ether oxygens (including phenoxy) is 1. The maximum atomic E-state index is 11.2. The molecule has 0 aliphatic rings. The first-order valence-electron chi connectivity index (χ1n) is 4.38. The van der Waals surface area contributed by atoms with Crippen molar-refractivity contribution >= 4 is 12.2 Å². The lowest BCUT2D eigenvalue weighted by Crippen LogP contribution is -2.15. The van der Waals surface area contributed by atoms with E-state index < -0.39 is 5.97 Å². The van der Waals surface area contributed by atoms with E-state index in [-0.39, 0.29) is 5.54 Å². The van der Waals surface area contributed by atoms with Crippen molar-refractivity contribution in [2.75, 3.05) is 7.11 Å². The highest BCUT2D eigenvalue weighted by atomic mass is 16.5. The lowest BCUT2D eigenvalue weighted by atomic mass is 10.1. The molecule has 80 valence electrons. The lowest BCUT2D eigenvalue weighted by Gasteiger charge is -2.11. The van der Waals surface area contributed by atoms with Gasteiger partial charge >= 0.3 is 5.97 Å². The van der Waals surface area contributed by atoms with Gasteiger partial charge in [0, 0.05) is 11.9 Å². The van der Waals surface area contributed by atoms with Crippen molar-refractivity contribution in [2.45, 2.75) is 33.2 Å². The summed E-state index contributed by atoms with van der Waals surface area (Å²) >= 11 is 0. The largest absolute Gasteiger partial charge is 0.465 e. The summed E-state index contributed by atoms with van der Waals surface area (Å²) in [6.07, 6.45) is 1.46. The van der Waals surface area contributed by atoms with E-state index in [1.807, 2.05) is 20.8 Å². The molecule has 0 radical (unpaired) electrons. The van der Waals surface area contributed by atoms with Crippen LogP contribution in [0.1, 0.15) is 27.7 Å². The Labute approximate surface area is 84.8 Å². The van der Waals surface area contributed by atoms with Gasteiger partial charge in [-0.05, 0) is 27.7 Å². The van der Waals surface area contributed by atoms with Crippen LogP contribution in [0.25, 0.3) is 0 Å². The second-order valence-corrected chi connectivity index (χ2v) is 4.02. The minimum absolute atomic E-state index is 0.227. The van der Waals surface area contributed by atoms with Crippen molar-refractivity contribution in [1.82, 2.24) is 0 Å². The zero-order valence-corrected chi connectivity index (χ0v) is 9.42. The Balaban J connectivity index is 4.84. The molecule has 0 bridgehead atoms. The molecule has 14 heavy (non-hydrogen) atoms. The highest BCUT2D eigenvalue weighted by Gasteiger charge is 2.12. The molecule has 0 aromatic heterocycles. The molecular formula is C10H18N2O2. The summed E-state index contributed by atoms with van der Waals surface area (Å²) in [4.78, 5) is 15.4. The molecule has 0 atom stereocenters. The Morgan fingerprint density at radius 1 is 1.43 bits per heavy atom. The number of rotatable bonds is 2. The van der Waals surface area contributed by atoms with Crippen molar-refractivity contribution < 1.29 is 9.53 Å². The van der Waals surface area contributed by atoms with Gasteiger partial charge in [0.2, 0.25) is 0 Å². The summed E-state index contributed by atoms with van der Waals surface area (Å²) in [6, 6.07) is 0. The molecule has 0 amide bonds. The number of methoxy groups -OCH3 is 1. The number of hydrogen-bond acceptors (Lipinski definition) is 4. The van der Waals surface area contributed by atoms with Crippen molar-refractivity contribution in [1.29, 1.82) is 0 Å². The highest BCUT2D eigenvalue weighted by Crippen LogP contribution is 2.07. The molecule has 0 unspecified atom stereocenters. The van der Waals surface area contributed by atoms with Crippen LogP contribution in [0.5, 0.6) is 0 Å². The van der Waals surface area contributed by atoms with Gasteiger partial charge in [0.1, 0.15) is 0 Å². The van der Waals surface area contributed by atoms with Crippen LogP contribution in [-0.4, -0.2) is 24.8 Å². The van der Waals surface area contributed by atoms with Gasteiger partial charge in [-0.2, -0.15) is 0 Å². The predicted octanol–water partition coefficient (Wildman–Crippen LogP) is 1.26. The second kappa shape index (κ2) is 4.79. The van der Waals surface area contributed by atoms with Crippen LogP contribution >= 0.6 is 0 Å². The number of nitrogens with two attached hydrogens (primary N) is 1. The van der Waals surface area contributed by atoms with Crippen LogP contribution in [-0.2, 0) is 9.53 Å². The average molecular weight is 198 g/mol.